The van der Waals surface area contributed by atoms with Crippen molar-refractivity contribution in [3.05, 3.63) is 29.8 Å². The maximum absolute atomic E-state index is 12.6. The second-order valence-electron chi connectivity index (χ2n) is 6.12. The van der Waals surface area contributed by atoms with E-state index in [9.17, 15) is 8.42 Å². The highest BCUT2D eigenvalue weighted by atomic mass is 32.2. The third-order valence-corrected chi connectivity index (χ3v) is 6.20. The Morgan fingerprint density at radius 3 is 2.67 bits per heavy atom. The van der Waals surface area contributed by atoms with Crippen LogP contribution in [0.4, 0.5) is 0 Å². The molecule has 24 heavy (non-hydrogen) atoms. The van der Waals surface area contributed by atoms with Gasteiger partial charge in [0.05, 0.1) is 23.1 Å². The van der Waals surface area contributed by atoms with E-state index in [0.29, 0.717) is 12.4 Å². The number of aryl methyl sites for hydroxylation is 2. The highest BCUT2D eigenvalue weighted by molar-refractivity contribution is 7.86. The lowest BCUT2D eigenvalue weighted by Crippen LogP contribution is -2.39. The van der Waals surface area contributed by atoms with E-state index in [1.807, 2.05) is 26.1 Å². The molecule has 3 rings (SSSR count). The van der Waals surface area contributed by atoms with Crippen molar-refractivity contribution < 1.29 is 8.42 Å². The van der Waals surface area contributed by atoms with Gasteiger partial charge in [0, 0.05) is 33.9 Å². The summed E-state index contributed by atoms with van der Waals surface area (Å²) >= 11 is 0. The van der Waals surface area contributed by atoms with Crippen LogP contribution in [-0.4, -0.2) is 57.4 Å². The molecule has 2 aromatic heterocycles. The Bertz CT molecular complexity index is 845. The molecule has 1 aliphatic rings. The molecule has 0 saturated carbocycles. The molecule has 0 amide bonds. The molecule has 0 N–H and O–H groups in total. The quantitative estimate of drug-likeness (QED) is 0.825. The second-order valence-corrected chi connectivity index (χ2v) is 8.22. The van der Waals surface area contributed by atoms with Crippen LogP contribution in [0.2, 0.25) is 0 Å². The largest absolute Gasteiger partial charge is 0.282 e. The van der Waals surface area contributed by atoms with Crippen molar-refractivity contribution in [2.75, 3.05) is 20.6 Å². The molecule has 0 aliphatic carbocycles. The first kappa shape index (κ1) is 17.0. The van der Waals surface area contributed by atoms with Crippen LogP contribution in [0.1, 0.15) is 30.4 Å². The third kappa shape index (κ3) is 2.94. The van der Waals surface area contributed by atoms with Crippen molar-refractivity contribution in [3.63, 3.8) is 0 Å². The van der Waals surface area contributed by atoms with Gasteiger partial charge in [-0.2, -0.15) is 22.1 Å². The summed E-state index contributed by atoms with van der Waals surface area (Å²) < 4.78 is 29.7. The van der Waals surface area contributed by atoms with Gasteiger partial charge in [0.25, 0.3) is 10.2 Å². The van der Waals surface area contributed by atoms with Crippen LogP contribution in [-0.2, 0) is 17.3 Å². The van der Waals surface area contributed by atoms with Gasteiger partial charge >= 0.3 is 0 Å². The molecular weight excluding hydrogens is 328 g/mol. The van der Waals surface area contributed by atoms with Crippen LogP contribution in [0, 0.1) is 6.92 Å². The lowest BCUT2D eigenvalue weighted by Gasteiger charge is -2.26. The molecule has 1 saturated heterocycles. The molecule has 0 radical (unpaired) electrons. The van der Waals surface area contributed by atoms with E-state index in [4.69, 9.17) is 0 Å². The molecule has 0 aromatic carbocycles. The zero-order chi connectivity index (χ0) is 17.5. The Balaban J connectivity index is 2.03. The van der Waals surface area contributed by atoms with Crippen LogP contribution < -0.4 is 0 Å². The van der Waals surface area contributed by atoms with Crippen LogP contribution in [0.25, 0.3) is 11.4 Å². The fraction of sp³-hybridized carbons (Fsp3) is 0.533. The monoisotopic (exact) mass is 350 g/mol. The van der Waals surface area contributed by atoms with Crippen molar-refractivity contribution in [1.82, 2.24) is 28.4 Å². The van der Waals surface area contributed by atoms with Crippen molar-refractivity contribution >= 4 is 10.2 Å². The maximum Gasteiger partial charge on any atom is 0.282 e. The molecule has 9 heteroatoms. The summed E-state index contributed by atoms with van der Waals surface area (Å²) in [5.74, 6) is 0.623. The van der Waals surface area contributed by atoms with Gasteiger partial charge in [-0.15, -0.1) is 0 Å². The second kappa shape index (κ2) is 6.23. The number of aromatic nitrogens is 4. The predicted octanol–water partition coefficient (Wildman–Crippen LogP) is 1.13. The molecule has 0 spiro atoms. The highest BCUT2D eigenvalue weighted by Gasteiger charge is 2.37. The molecule has 1 atom stereocenters. The number of nitrogens with zero attached hydrogens (tertiary/aromatic N) is 6. The lowest BCUT2D eigenvalue weighted by molar-refractivity contribution is 0.357. The minimum Gasteiger partial charge on any atom is -0.266 e. The SMILES string of the molecule is Cc1nc(-c2ccnn2C)cc([C@H]2CCCN2S(=O)(=O)N(C)C)n1. The van der Waals surface area contributed by atoms with E-state index in [-0.39, 0.29) is 6.04 Å². The van der Waals surface area contributed by atoms with Crippen LogP contribution >= 0.6 is 0 Å². The minimum absolute atomic E-state index is 0.258. The number of rotatable bonds is 4. The summed E-state index contributed by atoms with van der Waals surface area (Å²) in [5.41, 5.74) is 2.37. The summed E-state index contributed by atoms with van der Waals surface area (Å²) in [6, 6.07) is 3.50. The van der Waals surface area contributed by atoms with Crippen molar-refractivity contribution in [3.8, 4) is 11.4 Å². The first-order valence-corrected chi connectivity index (χ1v) is 9.23. The number of hydrogen-bond donors (Lipinski definition) is 0. The molecule has 1 fully saturated rings. The van der Waals surface area contributed by atoms with Crippen LogP contribution in [0.15, 0.2) is 18.3 Å². The Labute approximate surface area is 142 Å². The zero-order valence-electron chi connectivity index (χ0n) is 14.3. The van der Waals surface area contributed by atoms with Gasteiger partial charge in [0.15, 0.2) is 0 Å². The number of hydrogen-bond acceptors (Lipinski definition) is 5. The zero-order valence-corrected chi connectivity index (χ0v) is 15.2. The third-order valence-electron chi connectivity index (χ3n) is 4.24. The lowest BCUT2D eigenvalue weighted by atomic mass is 10.1. The Hall–Kier alpha value is -1.84. The summed E-state index contributed by atoms with van der Waals surface area (Å²) in [6.07, 6.45) is 3.29. The molecule has 8 nitrogen and oxygen atoms in total. The summed E-state index contributed by atoms with van der Waals surface area (Å²) in [5, 5.41) is 4.17. The average molecular weight is 350 g/mol. The van der Waals surface area contributed by atoms with E-state index >= 15 is 0 Å². The smallest absolute Gasteiger partial charge is 0.266 e. The standard InChI is InChI=1S/C15H22N6O2S/c1-11-17-12(14-7-8-16-20(14)4)10-13(18-11)15-6-5-9-21(15)24(22,23)19(2)3/h7-8,10,15H,5-6,9H2,1-4H3/t15-/m1/s1. The van der Waals surface area contributed by atoms with Gasteiger partial charge in [-0.05, 0) is 31.9 Å². The first-order valence-electron chi connectivity index (χ1n) is 7.84. The molecule has 1 aliphatic heterocycles. The van der Waals surface area contributed by atoms with Crippen molar-refractivity contribution in [2.24, 2.45) is 7.05 Å². The molecule has 130 valence electrons. The first-order chi connectivity index (χ1) is 11.3. The van der Waals surface area contributed by atoms with Crippen LogP contribution in [0.5, 0.6) is 0 Å². The summed E-state index contributed by atoms with van der Waals surface area (Å²) in [4.78, 5) is 8.99. The minimum atomic E-state index is -3.47. The topological polar surface area (TPSA) is 84.2 Å². The van der Waals surface area contributed by atoms with E-state index in [1.54, 1.807) is 25.0 Å². The molecule has 0 bridgehead atoms. The highest BCUT2D eigenvalue weighted by Crippen LogP contribution is 2.35. The van der Waals surface area contributed by atoms with Crippen LogP contribution in [0.3, 0.4) is 0 Å². The van der Waals surface area contributed by atoms with Gasteiger partial charge < -0.3 is 0 Å². The van der Waals surface area contributed by atoms with Gasteiger partial charge in [-0.3, -0.25) is 4.68 Å². The van der Waals surface area contributed by atoms with E-state index in [2.05, 4.69) is 15.1 Å². The molecular formula is C15H22N6O2S. The van der Waals surface area contributed by atoms with Gasteiger partial charge in [0.1, 0.15) is 5.82 Å². The van der Waals surface area contributed by atoms with Crippen molar-refractivity contribution in [2.45, 2.75) is 25.8 Å². The van der Waals surface area contributed by atoms with E-state index < -0.39 is 10.2 Å². The fourth-order valence-electron chi connectivity index (χ4n) is 3.04. The summed E-state index contributed by atoms with van der Waals surface area (Å²) in [7, 11) is 1.48. The average Bonchev–Trinajstić information content (AvgIpc) is 3.15. The van der Waals surface area contributed by atoms with Gasteiger partial charge in [-0.1, -0.05) is 0 Å². The molecule has 0 unspecified atom stereocenters. The normalized spacial score (nSPS) is 19.3. The van der Waals surface area contributed by atoms with Crippen molar-refractivity contribution in [1.29, 1.82) is 0 Å². The maximum atomic E-state index is 12.6. The Morgan fingerprint density at radius 1 is 1.29 bits per heavy atom. The van der Waals surface area contributed by atoms with E-state index in [1.165, 1.54) is 8.61 Å². The van der Waals surface area contributed by atoms with Gasteiger partial charge in [-0.25, -0.2) is 9.97 Å². The Morgan fingerprint density at radius 2 is 2.04 bits per heavy atom. The fourth-order valence-corrected chi connectivity index (χ4v) is 4.35. The predicted molar refractivity (Wildman–Crippen MR) is 90.3 cm³/mol. The van der Waals surface area contributed by atoms with E-state index in [0.717, 1.165) is 29.9 Å². The summed E-state index contributed by atoms with van der Waals surface area (Å²) in [6.45, 7) is 2.33. The molecule has 2 aromatic rings. The molecule has 3 heterocycles. The van der Waals surface area contributed by atoms with Gasteiger partial charge in [0.2, 0.25) is 0 Å². The Kier molecular flexibility index (Phi) is 4.41.